The molecule has 0 radical (unpaired) electrons. The van der Waals surface area contributed by atoms with Crippen LogP contribution >= 0.6 is 11.3 Å². The fourth-order valence-electron chi connectivity index (χ4n) is 3.23. The number of nitrogens with zero attached hydrogens (tertiary/aromatic N) is 3. The molecule has 5 heteroatoms. The van der Waals surface area contributed by atoms with Crippen LogP contribution in [0.25, 0.3) is 10.2 Å². The highest BCUT2D eigenvalue weighted by Crippen LogP contribution is 2.35. The molecule has 2 aromatic heterocycles. The number of nitrogens with one attached hydrogen (secondary N) is 1. The number of thiophene rings is 1. The van der Waals surface area contributed by atoms with E-state index in [0.717, 1.165) is 49.1 Å². The molecule has 1 aliphatic heterocycles. The lowest BCUT2D eigenvalue weighted by Crippen LogP contribution is -2.44. The molecule has 0 spiro atoms. The molecule has 1 N–H and O–H groups in total. The Morgan fingerprint density at radius 2 is 1.83 bits per heavy atom. The van der Waals surface area contributed by atoms with Crippen molar-refractivity contribution in [3.63, 3.8) is 0 Å². The maximum atomic E-state index is 4.99. The van der Waals surface area contributed by atoms with Gasteiger partial charge in [-0.05, 0) is 25.0 Å². The Bertz CT molecular complexity index is 851. The van der Waals surface area contributed by atoms with E-state index in [4.69, 9.17) is 9.97 Å². The summed E-state index contributed by atoms with van der Waals surface area (Å²) in [6, 6.07) is 10.5. The van der Waals surface area contributed by atoms with Crippen LogP contribution < -0.4 is 10.2 Å². The number of hydrogen-bond acceptors (Lipinski definition) is 5. The maximum Gasteiger partial charge on any atom is 0.141 e. The van der Waals surface area contributed by atoms with E-state index in [1.165, 1.54) is 21.4 Å². The van der Waals surface area contributed by atoms with E-state index in [-0.39, 0.29) is 0 Å². The second-order valence-corrected chi connectivity index (χ2v) is 7.53. The number of fused-ring (bicyclic) bond motifs is 1. The molecule has 3 heterocycles. The van der Waals surface area contributed by atoms with E-state index in [2.05, 4.69) is 48.3 Å². The fraction of sp³-hybridized carbons (Fsp3) is 0.368. The van der Waals surface area contributed by atoms with Crippen LogP contribution in [0.1, 0.15) is 21.8 Å². The second-order valence-electron chi connectivity index (χ2n) is 6.33. The summed E-state index contributed by atoms with van der Waals surface area (Å²) < 4.78 is 0. The normalized spacial score (nSPS) is 15.2. The van der Waals surface area contributed by atoms with Crippen molar-refractivity contribution in [3.8, 4) is 0 Å². The number of anilines is 1. The lowest BCUT2D eigenvalue weighted by atomic mass is 10.1. The Morgan fingerprint density at radius 3 is 2.58 bits per heavy atom. The summed E-state index contributed by atoms with van der Waals surface area (Å²) in [7, 11) is 0. The number of rotatable bonds is 3. The first kappa shape index (κ1) is 15.5. The molecule has 0 aliphatic carbocycles. The van der Waals surface area contributed by atoms with Crippen LogP contribution in [0, 0.1) is 13.8 Å². The van der Waals surface area contributed by atoms with Crippen molar-refractivity contribution in [1.82, 2.24) is 15.3 Å². The van der Waals surface area contributed by atoms with Crippen molar-refractivity contribution < 1.29 is 0 Å². The Morgan fingerprint density at radius 1 is 1.08 bits per heavy atom. The van der Waals surface area contributed by atoms with Crippen LogP contribution in [0.15, 0.2) is 30.3 Å². The summed E-state index contributed by atoms with van der Waals surface area (Å²) in [5.74, 6) is 2.04. The molecule has 1 aromatic carbocycles. The first-order valence-electron chi connectivity index (χ1n) is 8.48. The van der Waals surface area contributed by atoms with Crippen molar-refractivity contribution in [1.29, 1.82) is 0 Å². The minimum absolute atomic E-state index is 0.784. The van der Waals surface area contributed by atoms with E-state index >= 15 is 0 Å². The topological polar surface area (TPSA) is 41.1 Å². The highest BCUT2D eigenvalue weighted by molar-refractivity contribution is 7.18. The molecular weight excluding hydrogens is 316 g/mol. The summed E-state index contributed by atoms with van der Waals surface area (Å²) >= 11 is 1.79. The van der Waals surface area contributed by atoms with Gasteiger partial charge in [-0.3, -0.25) is 0 Å². The van der Waals surface area contributed by atoms with E-state index < -0.39 is 0 Å². The van der Waals surface area contributed by atoms with E-state index in [1.807, 2.05) is 6.07 Å². The van der Waals surface area contributed by atoms with Crippen LogP contribution in [0.3, 0.4) is 0 Å². The standard InChI is InChI=1S/C19H22N4S/c1-13-14(2)24-19-17(13)18(23-10-8-20-9-11-23)21-16(22-19)12-15-6-4-3-5-7-15/h3-7,20H,8-12H2,1-2H3. The third-order valence-electron chi connectivity index (χ3n) is 4.68. The van der Waals surface area contributed by atoms with Crippen molar-refractivity contribution in [2.75, 3.05) is 31.1 Å². The summed E-state index contributed by atoms with van der Waals surface area (Å²) in [6.07, 6.45) is 0.784. The summed E-state index contributed by atoms with van der Waals surface area (Å²) in [5, 5.41) is 4.67. The van der Waals surface area contributed by atoms with Gasteiger partial charge in [0.2, 0.25) is 0 Å². The molecule has 1 saturated heterocycles. The molecule has 4 rings (SSSR count). The molecule has 0 atom stereocenters. The smallest absolute Gasteiger partial charge is 0.141 e. The Labute approximate surface area is 146 Å². The Kier molecular flexibility index (Phi) is 4.21. The zero-order valence-corrected chi connectivity index (χ0v) is 15.0. The van der Waals surface area contributed by atoms with Gasteiger partial charge in [0.1, 0.15) is 16.5 Å². The number of aryl methyl sites for hydroxylation is 2. The van der Waals surface area contributed by atoms with Crippen molar-refractivity contribution in [3.05, 3.63) is 52.2 Å². The summed E-state index contributed by atoms with van der Waals surface area (Å²) in [4.78, 5) is 14.7. The van der Waals surface area contributed by atoms with Gasteiger partial charge >= 0.3 is 0 Å². The quantitative estimate of drug-likeness (QED) is 0.795. The Hall–Kier alpha value is -1.98. The van der Waals surface area contributed by atoms with Gasteiger partial charge in [-0.2, -0.15) is 0 Å². The molecule has 124 valence electrons. The molecule has 1 aliphatic rings. The monoisotopic (exact) mass is 338 g/mol. The predicted octanol–water partition coefficient (Wildman–Crippen LogP) is 3.31. The van der Waals surface area contributed by atoms with Crippen molar-refractivity contribution >= 4 is 27.4 Å². The molecule has 0 unspecified atom stereocenters. The third-order valence-corrected chi connectivity index (χ3v) is 5.78. The zero-order chi connectivity index (χ0) is 16.5. The molecule has 0 saturated carbocycles. The van der Waals surface area contributed by atoms with Gasteiger partial charge < -0.3 is 10.2 Å². The van der Waals surface area contributed by atoms with Gasteiger partial charge in [-0.25, -0.2) is 9.97 Å². The van der Waals surface area contributed by atoms with Gasteiger partial charge in [0.05, 0.1) is 5.39 Å². The molecule has 1 fully saturated rings. The van der Waals surface area contributed by atoms with Crippen LogP contribution in [-0.4, -0.2) is 36.1 Å². The number of aromatic nitrogens is 2. The molecular formula is C19H22N4S. The molecule has 24 heavy (non-hydrogen) atoms. The van der Waals surface area contributed by atoms with Crippen LogP contribution in [0.2, 0.25) is 0 Å². The fourth-order valence-corrected chi connectivity index (χ4v) is 4.28. The van der Waals surface area contributed by atoms with E-state index in [0.29, 0.717) is 0 Å². The van der Waals surface area contributed by atoms with Crippen LogP contribution in [0.4, 0.5) is 5.82 Å². The zero-order valence-electron chi connectivity index (χ0n) is 14.2. The molecule has 0 amide bonds. The van der Waals surface area contributed by atoms with Crippen molar-refractivity contribution in [2.45, 2.75) is 20.3 Å². The highest BCUT2D eigenvalue weighted by Gasteiger charge is 2.20. The molecule has 0 bridgehead atoms. The third kappa shape index (κ3) is 2.89. The first-order chi connectivity index (χ1) is 11.7. The van der Waals surface area contributed by atoms with E-state index in [1.54, 1.807) is 11.3 Å². The van der Waals surface area contributed by atoms with Gasteiger partial charge in [0.25, 0.3) is 0 Å². The van der Waals surface area contributed by atoms with Crippen LogP contribution in [0.5, 0.6) is 0 Å². The Balaban J connectivity index is 1.81. The lowest BCUT2D eigenvalue weighted by molar-refractivity contribution is 0.585. The number of benzene rings is 1. The minimum atomic E-state index is 0.784. The minimum Gasteiger partial charge on any atom is -0.353 e. The first-order valence-corrected chi connectivity index (χ1v) is 9.30. The maximum absolute atomic E-state index is 4.99. The molecule has 4 nitrogen and oxygen atoms in total. The van der Waals surface area contributed by atoms with Crippen molar-refractivity contribution in [2.24, 2.45) is 0 Å². The predicted molar refractivity (Wildman–Crippen MR) is 101 cm³/mol. The summed E-state index contributed by atoms with van der Waals surface area (Å²) in [6.45, 7) is 8.42. The number of piperazine rings is 1. The van der Waals surface area contributed by atoms with Gasteiger partial charge in [0, 0.05) is 37.5 Å². The van der Waals surface area contributed by atoms with Gasteiger partial charge in [-0.1, -0.05) is 30.3 Å². The van der Waals surface area contributed by atoms with Gasteiger partial charge in [-0.15, -0.1) is 11.3 Å². The average molecular weight is 338 g/mol. The highest BCUT2D eigenvalue weighted by atomic mass is 32.1. The lowest BCUT2D eigenvalue weighted by Gasteiger charge is -2.29. The largest absolute Gasteiger partial charge is 0.353 e. The second kappa shape index (κ2) is 6.49. The summed E-state index contributed by atoms with van der Waals surface area (Å²) in [5.41, 5.74) is 2.59. The average Bonchev–Trinajstić information content (AvgIpc) is 2.90. The van der Waals surface area contributed by atoms with Crippen LogP contribution in [-0.2, 0) is 6.42 Å². The van der Waals surface area contributed by atoms with E-state index in [9.17, 15) is 0 Å². The molecule has 3 aromatic rings. The number of hydrogen-bond donors (Lipinski definition) is 1. The SMILES string of the molecule is Cc1sc2nc(Cc3ccccc3)nc(N3CCNCC3)c2c1C. The van der Waals surface area contributed by atoms with Gasteiger partial charge in [0.15, 0.2) is 0 Å².